The molecule has 0 spiro atoms. The van der Waals surface area contributed by atoms with Gasteiger partial charge in [0.2, 0.25) is 11.0 Å². The minimum Gasteiger partial charge on any atom is -0.300 e. The van der Waals surface area contributed by atoms with Gasteiger partial charge in [-0.05, 0) is 29.6 Å². The van der Waals surface area contributed by atoms with Gasteiger partial charge in [0.15, 0.2) is 10.6 Å². The number of amides is 1. The van der Waals surface area contributed by atoms with Crippen LogP contribution in [0.25, 0.3) is 10.7 Å². The van der Waals surface area contributed by atoms with Crippen LogP contribution < -0.4 is 5.32 Å². The lowest BCUT2D eigenvalue weighted by atomic mass is 10.1. The van der Waals surface area contributed by atoms with Crippen LogP contribution in [-0.2, 0) is 17.8 Å². The molecule has 0 saturated carbocycles. The minimum absolute atomic E-state index is 0.118. The Labute approximate surface area is 158 Å². The van der Waals surface area contributed by atoms with Crippen molar-refractivity contribution in [3.05, 3.63) is 27.3 Å². The maximum Gasteiger partial charge on any atom is 0.227 e. The lowest BCUT2D eigenvalue weighted by molar-refractivity contribution is -0.116. The summed E-state index contributed by atoms with van der Waals surface area (Å²) in [7, 11) is 0. The Morgan fingerprint density at radius 1 is 1.44 bits per heavy atom. The van der Waals surface area contributed by atoms with E-state index in [-0.39, 0.29) is 12.3 Å². The third kappa shape index (κ3) is 4.59. The number of H-pyrrole nitrogens is 1. The highest BCUT2D eigenvalue weighted by molar-refractivity contribution is 7.71. The smallest absolute Gasteiger partial charge is 0.227 e. The standard InChI is InChI=1S/C15H18N6OS3/c1-9(2)8-12-17-19-14(25-12)16-11(22)5-6-21-13(18-20-15(21)23)10-4-3-7-24-10/h3-4,7,9H,5-6,8H2,1-2H3,(H,20,23)(H,16,19,22). The molecule has 0 aliphatic heterocycles. The molecule has 25 heavy (non-hydrogen) atoms. The molecular weight excluding hydrogens is 376 g/mol. The maximum absolute atomic E-state index is 12.2. The van der Waals surface area contributed by atoms with E-state index in [1.54, 1.807) is 11.3 Å². The summed E-state index contributed by atoms with van der Waals surface area (Å²) >= 11 is 8.27. The second-order valence-electron chi connectivity index (χ2n) is 5.88. The predicted octanol–water partition coefficient (Wildman–Crippen LogP) is 3.75. The van der Waals surface area contributed by atoms with Crippen LogP contribution >= 0.6 is 34.9 Å². The Balaban J connectivity index is 1.61. The molecular formula is C15H18N6OS3. The van der Waals surface area contributed by atoms with Gasteiger partial charge in [0, 0.05) is 19.4 Å². The van der Waals surface area contributed by atoms with Crippen molar-refractivity contribution in [3.63, 3.8) is 0 Å². The Bertz CT molecular complexity index is 893. The largest absolute Gasteiger partial charge is 0.300 e. The molecule has 0 bridgehead atoms. The van der Waals surface area contributed by atoms with E-state index in [1.165, 1.54) is 11.3 Å². The number of hydrogen-bond donors (Lipinski definition) is 2. The summed E-state index contributed by atoms with van der Waals surface area (Å²) < 4.78 is 2.34. The molecule has 0 unspecified atom stereocenters. The van der Waals surface area contributed by atoms with Crippen LogP contribution in [0.5, 0.6) is 0 Å². The highest BCUT2D eigenvalue weighted by atomic mass is 32.1. The summed E-state index contributed by atoms with van der Waals surface area (Å²) in [6.07, 6.45) is 1.15. The number of nitrogens with one attached hydrogen (secondary N) is 2. The third-order valence-corrected chi connectivity index (χ3v) is 5.40. The molecule has 3 rings (SSSR count). The Hall–Kier alpha value is -1.91. The number of carbonyl (C=O) groups excluding carboxylic acids is 1. The van der Waals surface area contributed by atoms with Crippen molar-refractivity contribution >= 4 is 45.9 Å². The molecule has 1 amide bonds. The topological polar surface area (TPSA) is 88.5 Å². The zero-order valence-corrected chi connectivity index (χ0v) is 16.3. The monoisotopic (exact) mass is 394 g/mol. The molecule has 0 aromatic carbocycles. The number of aromatic amines is 1. The molecule has 0 fully saturated rings. The van der Waals surface area contributed by atoms with Gasteiger partial charge in [-0.1, -0.05) is 31.3 Å². The molecule has 0 atom stereocenters. The summed E-state index contributed by atoms with van der Waals surface area (Å²) in [5, 5.41) is 21.4. The second kappa shape index (κ2) is 7.98. The summed E-state index contributed by atoms with van der Waals surface area (Å²) in [5.41, 5.74) is 0. The summed E-state index contributed by atoms with van der Waals surface area (Å²) in [5.74, 6) is 1.14. The number of rotatable bonds is 7. The lowest BCUT2D eigenvalue weighted by Crippen LogP contribution is -2.15. The molecule has 0 aliphatic rings. The molecule has 2 N–H and O–H groups in total. The average Bonchev–Trinajstić information content (AvgIpc) is 3.26. The Kier molecular flexibility index (Phi) is 5.71. The highest BCUT2D eigenvalue weighted by Gasteiger charge is 2.13. The zero-order valence-electron chi connectivity index (χ0n) is 13.9. The van der Waals surface area contributed by atoms with Crippen molar-refractivity contribution < 1.29 is 4.79 Å². The molecule has 132 valence electrons. The van der Waals surface area contributed by atoms with Crippen LogP contribution in [0.15, 0.2) is 17.5 Å². The van der Waals surface area contributed by atoms with Gasteiger partial charge in [0.1, 0.15) is 5.01 Å². The van der Waals surface area contributed by atoms with E-state index in [0.29, 0.717) is 22.4 Å². The summed E-state index contributed by atoms with van der Waals surface area (Å²) in [6.45, 7) is 4.70. The van der Waals surface area contributed by atoms with Gasteiger partial charge in [-0.3, -0.25) is 14.5 Å². The van der Waals surface area contributed by atoms with E-state index >= 15 is 0 Å². The Morgan fingerprint density at radius 2 is 2.28 bits per heavy atom. The van der Waals surface area contributed by atoms with Crippen LogP contribution in [0, 0.1) is 10.7 Å². The molecule has 3 aromatic heterocycles. The van der Waals surface area contributed by atoms with Gasteiger partial charge in [0.25, 0.3) is 0 Å². The van der Waals surface area contributed by atoms with Crippen LogP contribution in [0.2, 0.25) is 0 Å². The Morgan fingerprint density at radius 3 is 3.00 bits per heavy atom. The van der Waals surface area contributed by atoms with Gasteiger partial charge < -0.3 is 5.32 Å². The second-order valence-corrected chi connectivity index (χ2v) is 8.27. The van der Waals surface area contributed by atoms with Crippen molar-refractivity contribution in [2.45, 2.75) is 33.2 Å². The van der Waals surface area contributed by atoms with Crippen molar-refractivity contribution in [1.29, 1.82) is 0 Å². The van der Waals surface area contributed by atoms with Gasteiger partial charge in [-0.15, -0.1) is 21.5 Å². The van der Waals surface area contributed by atoms with E-state index in [1.807, 2.05) is 22.1 Å². The van der Waals surface area contributed by atoms with Crippen molar-refractivity contribution in [2.24, 2.45) is 5.92 Å². The SMILES string of the molecule is CC(C)Cc1nnc(NC(=O)CCn2c(-c3cccs3)n[nH]c2=S)s1. The van der Waals surface area contributed by atoms with E-state index in [4.69, 9.17) is 12.2 Å². The van der Waals surface area contributed by atoms with Crippen molar-refractivity contribution in [1.82, 2.24) is 25.0 Å². The quantitative estimate of drug-likeness (QED) is 0.596. The van der Waals surface area contributed by atoms with E-state index < -0.39 is 0 Å². The van der Waals surface area contributed by atoms with E-state index in [9.17, 15) is 4.79 Å². The first-order valence-corrected chi connectivity index (χ1v) is 9.94. The summed E-state index contributed by atoms with van der Waals surface area (Å²) in [6, 6.07) is 3.93. The average molecular weight is 395 g/mol. The normalized spacial score (nSPS) is 11.2. The van der Waals surface area contributed by atoms with Crippen LogP contribution in [0.3, 0.4) is 0 Å². The molecule has 7 nitrogen and oxygen atoms in total. The highest BCUT2D eigenvalue weighted by Crippen LogP contribution is 2.23. The van der Waals surface area contributed by atoms with Crippen LogP contribution in [0.1, 0.15) is 25.3 Å². The van der Waals surface area contributed by atoms with Gasteiger partial charge in [-0.25, -0.2) is 0 Å². The van der Waals surface area contributed by atoms with Gasteiger partial charge in [-0.2, -0.15) is 5.10 Å². The lowest BCUT2D eigenvalue weighted by Gasteiger charge is -2.05. The van der Waals surface area contributed by atoms with Crippen molar-refractivity contribution in [2.75, 3.05) is 5.32 Å². The number of anilines is 1. The van der Waals surface area contributed by atoms with Gasteiger partial charge in [0.05, 0.1) is 4.88 Å². The first kappa shape index (κ1) is 17.9. The number of aromatic nitrogens is 5. The first-order chi connectivity index (χ1) is 12.0. The minimum atomic E-state index is -0.118. The van der Waals surface area contributed by atoms with Gasteiger partial charge >= 0.3 is 0 Å². The van der Waals surface area contributed by atoms with Crippen LogP contribution in [0.4, 0.5) is 5.13 Å². The fraction of sp³-hybridized carbons (Fsp3) is 0.400. The molecule has 3 heterocycles. The third-order valence-electron chi connectivity index (χ3n) is 3.36. The number of nitrogens with zero attached hydrogens (tertiary/aromatic N) is 4. The first-order valence-electron chi connectivity index (χ1n) is 7.84. The maximum atomic E-state index is 12.2. The fourth-order valence-electron chi connectivity index (χ4n) is 2.25. The van der Waals surface area contributed by atoms with Crippen LogP contribution in [-0.4, -0.2) is 30.9 Å². The van der Waals surface area contributed by atoms with Crippen molar-refractivity contribution in [3.8, 4) is 10.7 Å². The zero-order chi connectivity index (χ0) is 17.8. The predicted molar refractivity (Wildman–Crippen MR) is 102 cm³/mol. The molecule has 0 aliphatic carbocycles. The number of thiophene rings is 1. The molecule has 0 radical (unpaired) electrons. The van der Waals surface area contributed by atoms with E-state index in [0.717, 1.165) is 22.1 Å². The number of carbonyl (C=O) groups is 1. The summed E-state index contributed by atoms with van der Waals surface area (Å²) in [4.78, 5) is 13.2. The molecule has 0 saturated heterocycles. The molecule has 10 heteroatoms. The van der Waals surface area contributed by atoms with E-state index in [2.05, 4.69) is 39.6 Å². The fourth-order valence-corrected chi connectivity index (χ4v) is 4.16. The number of hydrogen-bond acceptors (Lipinski definition) is 7. The molecule has 3 aromatic rings.